The van der Waals surface area contributed by atoms with Gasteiger partial charge < -0.3 is 10.1 Å². The molecule has 1 aromatic heterocycles. The number of ether oxygens (including phenoxy) is 1. The quantitative estimate of drug-likeness (QED) is 0.495. The molecule has 3 rings (SSSR count). The zero-order valence-corrected chi connectivity index (χ0v) is 13.3. The molecule has 0 radical (unpaired) electrons. The first-order chi connectivity index (χ1) is 11.1. The molecule has 0 bridgehead atoms. The van der Waals surface area contributed by atoms with Gasteiger partial charge in [-0.3, -0.25) is 10.2 Å². The summed E-state index contributed by atoms with van der Waals surface area (Å²) in [5.41, 5.74) is 5.13. The smallest absolute Gasteiger partial charge is 0.262 e. The van der Waals surface area contributed by atoms with Gasteiger partial charge in [0, 0.05) is 5.69 Å². The number of hydrogen-bond acceptors (Lipinski definition) is 6. The van der Waals surface area contributed by atoms with Gasteiger partial charge in [0.15, 0.2) is 11.7 Å². The number of aromatic nitrogens is 1. The van der Waals surface area contributed by atoms with E-state index in [1.807, 2.05) is 43.3 Å². The van der Waals surface area contributed by atoms with E-state index in [0.29, 0.717) is 16.6 Å². The van der Waals surface area contributed by atoms with Crippen LogP contribution in [0.3, 0.4) is 0 Å². The molecule has 1 amide bonds. The summed E-state index contributed by atoms with van der Waals surface area (Å²) in [6.07, 6.45) is 0. The zero-order valence-electron chi connectivity index (χ0n) is 12.5. The Morgan fingerprint density at radius 3 is 2.96 bits per heavy atom. The van der Waals surface area contributed by atoms with Gasteiger partial charge in [-0.15, -0.1) is 0 Å². The van der Waals surface area contributed by atoms with E-state index in [2.05, 4.69) is 15.7 Å². The van der Waals surface area contributed by atoms with Crippen molar-refractivity contribution in [3.8, 4) is 5.75 Å². The highest BCUT2D eigenvalue weighted by Gasteiger charge is 2.07. The van der Waals surface area contributed by atoms with Gasteiger partial charge in [0.2, 0.25) is 0 Å². The van der Waals surface area contributed by atoms with E-state index in [1.54, 1.807) is 6.07 Å². The molecule has 23 heavy (non-hydrogen) atoms. The van der Waals surface area contributed by atoms with Gasteiger partial charge in [-0.25, -0.2) is 10.8 Å². The zero-order chi connectivity index (χ0) is 16.2. The molecule has 7 heteroatoms. The minimum Gasteiger partial charge on any atom is -0.484 e. The molecule has 0 aliphatic carbocycles. The van der Waals surface area contributed by atoms with Gasteiger partial charge in [0.1, 0.15) is 5.75 Å². The molecule has 0 saturated heterocycles. The maximum atomic E-state index is 12.0. The Labute approximate surface area is 137 Å². The first kappa shape index (κ1) is 15.3. The number of fused-ring (bicyclic) bond motifs is 1. The first-order valence-corrected chi connectivity index (χ1v) is 7.82. The van der Waals surface area contributed by atoms with Gasteiger partial charge in [0.25, 0.3) is 5.91 Å². The van der Waals surface area contributed by atoms with Crippen LogP contribution in [0.25, 0.3) is 10.2 Å². The van der Waals surface area contributed by atoms with Crippen LogP contribution in [-0.2, 0) is 4.79 Å². The topological polar surface area (TPSA) is 89.3 Å². The number of benzene rings is 2. The number of aryl methyl sites for hydroxylation is 1. The van der Waals surface area contributed by atoms with Crippen molar-refractivity contribution in [1.82, 2.24) is 4.98 Å². The average Bonchev–Trinajstić information content (AvgIpc) is 2.95. The summed E-state index contributed by atoms with van der Waals surface area (Å²) >= 11 is 1.42. The first-order valence-electron chi connectivity index (χ1n) is 7.00. The Balaban J connectivity index is 1.63. The number of nitrogens with two attached hydrogens (primary N) is 1. The van der Waals surface area contributed by atoms with Crippen molar-refractivity contribution < 1.29 is 9.53 Å². The van der Waals surface area contributed by atoms with Crippen molar-refractivity contribution in [3.05, 3.63) is 48.0 Å². The lowest BCUT2D eigenvalue weighted by molar-refractivity contribution is -0.118. The van der Waals surface area contributed by atoms with Crippen LogP contribution in [-0.4, -0.2) is 17.5 Å². The van der Waals surface area contributed by atoms with Crippen LogP contribution in [0.2, 0.25) is 0 Å². The van der Waals surface area contributed by atoms with Gasteiger partial charge in [-0.05, 0) is 42.8 Å². The predicted molar refractivity (Wildman–Crippen MR) is 92.7 cm³/mol. The molecule has 0 unspecified atom stereocenters. The largest absolute Gasteiger partial charge is 0.484 e. The number of nitrogen functional groups attached to an aromatic ring is 1. The Hall–Kier alpha value is -2.64. The van der Waals surface area contributed by atoms with Crippen molar-refractivity contribution in [2.45, 2.75) is 6.92 Å². The number of thiazole rings is 1. The molecule has 118 valence electrons. The molecule has 0 fully saturated rings. The van der Waals surface area contributed by atoms with Crippen molar-refractivity contribution in [2.75, 3.05) is 17.3 Å². The van der Waals surface area contributed by atoms with Crippen LogP contribution in [0, 0.1) is 6.92 Å². The van der Waals surface area contributed by atoms with Gasteiger partial charge in [-0.1, -0.05) is 23.5 Å². The van der Waals surface area contributed by atoms with Crippen molar-refractivity contribution in [3.63, 3.8) is 0 Å². The summed E-state index contributed by atoms with van der Waals surface area (Å²) in [5.74, 6) is 5.81. The lowest BCUT2D eigenvalue weighted by Crippen LogP contribution is -2.20. The Morgan fingerprint density at radius 1 is 1.30 bits per heavy atom. The van der Waals surface area contributed by atoms with Crippen molar-refractivity contribution >= 4 is 38.3 Å². The molecule has 0 atom stereocenters. The minimum atomic E-state index is -0.215. The second kappa shape index (κ2) is 6.64. The highest BCUT2D eigenvalue weighted by atomic mass is 32.1. The Kier molecular flexibility index (Phi) is 4.40. The van der Waals surface area contributed by atoms with Crippen molar-refractivity contribution in [2.24, 2.45) is 5.84 Å². The van der Waals surface area contributed by atoms with Gasteiger partial charge in [-0.2, -0.15) is 0 Å². The van der Waals surface area contributed by atoms with Gasteiger partial charge >= 0.3 is 0 Å². The molecule has 6 nitrogen and oxygen atoms in total. The third kappa shape index (κ3) is 3.77. The van der Waals surface area contributed by atoms with Crippen LogP contribution < -0.4 is 21.3 Å². The standard InChI is InChI=1S/C16H16N4O2S/c1-10-3-2-4-12(7-10)22-9-15(21)18-11-5-6-13-14(8-11)23-16(19-13)20-17/h2-8H,9,17H2,1H3,(H,18,21)(H,19,20). The summed E-state index contributed by atoms with van der Waals surface area (Å²) in [6, 6.07) is 13.1. The number of anilines is 2. The third-order valence-electron chi connectivity index (χ3n) is 3.16. The van der Waals surface area contributed by atoms with Gasteiger partial charge in [0.05, 0.1) is 10.2 Å². The SMILES string of the molecule is Cc1cccc(OCC(=O)Nc2ccc3nc(NN)sc3c2)c1. The van der Waals surface area contributed by atoms with Crippen LogP contribution >= 0.6 is 11.3 Å². The molecule has 0 aliphatic rings. The lowest BCUT2D eigenvalue weighted by atomic mass is 10.2. The molecule has 0 saturated carbocycles. The fourth-order valence-electron chi connectivity index (χ4n) is 2.12. The minimum absolute atomic E-state index is 0.0419. The molecule has 0 aliphatic heterocycles. The molecule has 3 aromatic rings. The number of carbonyl (C=O) groups excluding carboxylic acids is 1. The number of nitrogens with zero attached hydrogens (tertiary/aromatic N) is 1. The molecule has 2 aromatic carbocycles. The fraction of sp³-hybridized carbons (Fsp3) is 0.125. The monoisotopic (exact) mass is 328 g/mol. The van der Waals surface area contributed by atoms with Crippen LogP contribution in [0.15, 0.2) is 42.5 Å². The van der Waals surface area contributed by atoms with E-state index in [0.717, 1.165) is 15.8 Å². The maximum Gasteiger partial charge on any atom is 0.262 e. The Bertz CT molecular complexity index is 847. The van der Waals surface area contributed by atoms with E-state index in [9.17, 15) is 4.79 Å². The molecular weight excluding hydrogens is 312 g/mol. The third-order valence-corrected chi connectivity index (χ3v) is 4.10. The highest BCUT2D eigenvalue weighted by molar-refractivity contribution is 7.22. The number of carbonyl (C=O) groups is 1. The molecular formula is C16H16N4O2S. The van der Waals surface area contributed by atoms with E-state index >= 15 is 0 Å². The van der Waals surface area contributed by atoms with Crippen LogP contribution in [0.5, 0.6) is 5.75 Å². The number of hydrogen-bond donors (Lipinski definition) is 3. The number of hydrazine groups is 1. The van der Waals surface area contributed by atoms with E-state index < -0.39 is 0 Å². The summed E-state index contributed by atoms with van der Waals surface area (Å²) in [5, 5.41) is 3.44. The number of nitrogens with one attached hydrogen (secondary N) is 2. The summed E-state index contributed by atoms with van der Waals surface area (Å²) in [6.45, 7) is 1.93. The lowest BCUT2D eigenvalue weighted by Gasteiger charge is -2.08. The second-order valence-electron chi connectivity index (χ2n) is 5.00. The average molecular weight is 328 g/mol. The van der Waals surface area contributed by atoms with E-state index in [1.165, 1.54) is 11.3 Å². The molecule has 0 spiro atoms. The highest BCUT2D eigenvalue weighted by Crippen LogP contribution is 2.27. The maximum absolute atomic E-state index is 12.0. The second-order valence-corrected chi connectivity index (χ2v) is 6.03. The number of rotatable bonds is 5. The van der Waals surface area contributed by atoms with Crippen LogP contribution in [0.4, 0.5) is 10.8 Å². The fourth-order valence-corrected chi connectivity index (χ4v) is 2.93. The van der Waals surface area contributed by atoms with Crippen LogP contribution in [0.1, 0.15) is 5.56 Å². The van der Waals surface area contributed by atoms with E-state index in [-0.39, 0.29) is 12.5 Å². The predicted octanol–water partition coefficient (Wildman–Crippen LogP) is 2.91. The summed E-state index contributed by atoms with van der Waals surface area (Å²) in [7, 11) is 0. The molecule has 4 N–H and O–H groups in total. The number of amides is 1. The van der Waals surface area contributed by atoms with Crippen molar-refractivity contribution in [1.29, 1.82) is 0 Å². The normalized spacial score (nSPS) is 10.5. The Morgan fingerprint density at radius 2 is 2.17 bits per heavy atom. The molecule has 1 heterocycles. The summed E-state index contributed by atoms with van der Waals surface area (Å²) in [4.78, 5) is 16.3. The van der Waals surface area contributed by atoms with E-state index in [4.69, 9.17) is 10.6 Å². The summed E-state index contributed by atoms with van der Waals surface area (Å²) < 4.78 is 6.42.